The monoisotopic (exact) mass is 527 g/mol. The Morgan fingerprint density at radius 2 is 1.52 bits per heavy atom. The Kier molecular flexibility index (Phi) is 7.38. The zero-order valence-electron chi connectivity index (χ0n) is 14.0. The van der Waals surface area contributed by atoms with Crippen LogP contribution in [0.15, 0.2) is 70.6 Å². The summed E-state index contributed by atoms with van der Waals surface area (Å²) in [6.07, 6.45) is 3.31. The summed E-state index contributed by atoms with van der Waals surface area (Å²) in [4.78, 5) is 12.3. The van der Waals surface area contributed by atoms with Gasteiger partial charge in [0.1, 0.15) is 5.69 Å². The second-order valence-electron chi connectivity index (χ2n) is 5.26. The fourth-order valence-corrected chi connectivity index (χ4v) is 2.21. The first-order chi connectivity index (χ1) is 12.8. The molecule has 0 aliphatic rings. The van der Waals surface area contributed by atoms with Crippen molar-refractivity contribution >= 4 is 29.5 Å². The molecule has 0 amide bonds. The molecule has 3 aromatic rings. The quantitative estimate of drug-likeness (QED) is 0.340. The minimum atomic E-state index is 0. The van der Waals surface area contributed by atoms with Crippen LogP contribution < -0.4 is 0 Å². The van der Waals surface area contributed by atoms with Crippen LogP contribution in [-0.4, -0.2) is 12.4 Å². The van der Waals surface area contributed by atoms with E-state index >= 15 is 0 Å². The zero-order chi connectivity index (χ0) is 18.2. The summed E-state index contributed by atoms with van der Waals surface area (Å²) in [5, 5.41) is 8.96. The van der Waals surface area contributed by atoms with E-state index in [0.29, 0.717) is 22.6 Å². The van der Waals surface area contributed by atoms with Gasteiger partial charge in [0, 0.05) is 0 Å². The van der Waals surface area contributed by atoms with Crippen molar-refractivity contribution < 1.29 is 21.1 Å². The molecule has 0 spiro atoms. The van der Waals surface area contributed by atoms with Crippen LogP contribution in [0, 0.1) is 30.0 Å². The molecular weight excluding hydrogens is 515 g/mol. The maximum absolute atomic E-state index is 8.96. The summed E-state index contributed by atoms with van der Waals surface area (Å²) in [5.74, 6) is 0. The van der Waals surface area contributed by atoms with E-state index in [2.05, 4.69) is 33.0 Å². The Hall–Kier alpha value is -3.33. The van der Waals surface area contributed by atoms with E-state index in [0.717, 1.165) is 11.1 Å². The van der Waals surface area contributed by atoms with Gasteiger partial charge in [0.15, 0.2) is 0 Å². The third kappa shape index (κ3) is 5.58. The average molecular weight is 527 g/mol. The van der Waals surface area contributed by atoms with E-state index in [1.165, 1.54) is 0 Å². The second kappa shape index (κ2) is 9.97. The standard InChI is InChI=1S/C22H12N4.Pt/c1-24-20-9-5-8-19(13-20)16-26-22-11-3-2-10-21(22)25-15-18-7-4-6-17(12-18)14-23;/h2-6,9-13,15-16H;/q-2;+2. The van der Waals surface area contributed by atoms with Gasteiger partial charge in [0.25, 0.3) is 0 Å². The first-order valence-electron chi connectivity index (χ1n) is 7.77. The van der Waals surface area contributed by atoms with Crippen molar-refractivity contribution in [3.8, 4) is 6.07 Å². The summed E-state index contributed by atoms with van der Waals surface area (Å²) in [6, 6.07) is 25.9. The van der Waals surface area contributed by atoms with Crippen LogP contribution in [0.2, 0.25) is 0 Å². The van der Waals surface area contributed by atoms with Gasteiger partial charge in [-0.15, -0.1) is 53.6 Å². The van der Waals surface area contributed by atoms with E-state index < -0.39 is 0 Å². The fourth-order valence-electron chi connectivity index (χ4n) is 2.21. The van der Waals surface area contributed by atoms with Crippen LogP contribution in [0.3, 0.4) is 0 Å². The van der Waals surface area contributed by atoms with Crippen molar-refractivity contribution in [1.82, 2.24) is 0 Å². The number of nitrogens with zero attached hydrogens (tertiary/aromatic N) is 4. The minimum Gasteiger partial charge on any atom is -0.302 e. The van der Waals surface area contributed by atoms with Gasteiger partial charge in [-0.25, -0.2) is 0 Å². The third-order valence-electron chi connectivity index (χ3n) is 3.46. The summed E-state index contributed by atoms with van der Waals surface area (Å²) < 4.78 is 0. The molecule has 0 aromatic heterocycles. The number of para-hydroxylation sites is 2. The molecule has 0 fully saturated rings. The summed E-state index contributed by atoms with van der Waals surface area (Å²) in [5.41, 5.74) is 3.95. The third-order valence-corrected chi connectivity index (χ3v) is 3.46. The van der Waals surface area contributed by atoms with Crippen LogP contribution in [0.4, 0.5) is 17.1 Å². The van der Waals surface area contributed by atoms with E-state index in [9.17, 15) is 0 Å². The van der Waals surface area contributed by atoms with Gasteiger partial charge in [-0.3, -0.25) is 4.85 Å². The average Bonchev–Trinajstić information content (AvgIpc) is 2.71. The molecule has 0 aliphatic carbocycles. The van der Waals surface area contributed by atoms with Crippen molar-refractivity contribution in [2.45, 2.75) is 0 Å². The smallest absolute Gasteiger partial charge is 0.302 e. The van der Waals surface area contributed by atoms with Gasteiger partial charge in [-0.05, 0) is 30.1 Å². The topological polar surface area (TPSA) is 52.9 Å². The maximum atomic E-state index is 8.96. The molecule has 5 heteroatoms. The summed E-state index contributed by atoms with van der Waals surface area (Å²) in [6.45, 7) is 7.06. The Bertz CT molecular complexity index is 985. The number of aliphatic imine (C=N–C) groups is 2. The largest absolute Gasteiger partial charge is 2.00 e. The Balaban J connectivity index is 0.00000261. The summed E-state index contributed by atoms with van der Waals surface area (Å²) >= 11 is 0. The molecule has 0 unspecified atom stereocenters. The van der Waals surface area contributed by atoms with Crippen LogP contribution >= 0.6 is 0 Å². The van der Waals surface area contributed by atoms with Gasteiger partial charge in [-0.2, -0.15) is 11.3 Å². The molecule has 4 nitrogen and oxygen atoms in total. The maximum Gasteiger partial charge on any atom is 2.00 e. The molecule has 27 heavy (non-hydrogen) atoms. The molecule has 0 saturated carbocycles. The van der Waals surface area contributed by atoms with Gasteiger partial charge in [0.2, 0.25) is 0 Å². The van der Waals surface area contributed by atoms with E-state index in [-0.39, 0.29) is 21.1 Å². The van der Waals surface area contributed by atoms with Crippen LogP contribution in [0.1, 0.15) is 16.7 Å². The van der Waals surface area contributed by atoms with Gasteiger partial charge >= 0.3 is 21.1 Å². The molecular formula is C22H12N4Pt. The molecule has 0 atom stereocenters. The molecule has 3 aromatic carbocycles. The van der Waals surface area contributed by atoms with E-state index in [4.69, 9.17) is 11.8 Å². The van der Waals surface area contributed by atoms with Crippen LogP contribution in [0.5, 0.6) is 0 Å². The fraction of sp³-hybridized carbons (Fsp3) is 0. The van der Waals surface area contributed by atoms with E-state index in [1.807, 2.05) is 24.3 Å². The normalized spacial score (nSPS) is 10.3. The van der Waals surface area contributed by atoms with Crippen LogP contribution in [0.25, 0.3) is 4.85 Å². The van der Waals surface area contributed by atoms with E-state index in [1.54, 1.807) is 48.8 Å². The molecule has 0 N–H and O–H groups in total. The van der Waals surface area contributed by atoms with Gasteiger partial charge < -0.3 is 9.98 Å². The number of hydrogen-bond donors (Lipinski definition) is 0. The number of nitriles is 1. The summed E-state index contributed by atoms with van der Waals surface area (Å²) in [7, 11) is 0. The number of rotatable bonds is 4. The first kappa shape index (κ1) is 20.0. The van der Waals surface area contributed by atoms with Crippen molar-refractivity contribution in [2.75, 3.05) is 0 Å². The molecule has 0 radical (unpaired) electrons. The van der Waals surface area contributed by atoms with Crippen LogP contribution in [-0.2, 0) is 21.1 Å². The Morgan fingerprint density at radius 1 is 0.926 bits per heavy atom. The first-order valence-corrected chi connectivity index (χ1v) is 7.77. The minimum absolute atomic E-state index is 0. The van der Waals surface area contributed by atoms with Crippen molar-refractivity contribution in [3.63, 3.8) is 0 Å². The molecule has 0 aliphatic heterocycles. The SMILES string of the molecule is [C-]#[N+]c1cc[c-]c(C=Nc2ccccc2N=Cc2[c-]ccc(C#N)c2)c1.[Pt+2]. The predicted octanol–water partition coefficient (Wildman–Crippen LogP) is 5.21. The predicted molar refractivity (Wildman–Crippen MR) is 102 cm³/mol. The van der Waals surface area contributed by atoms with Crippen molar-refractivity contribution in [1.29, 1.82) is 5.26 Å². The van der Waals surface area contributed by atoms with Gasteiger partial charge in [0.05, 0.1) is 24.0 Å². The number of hydrogen-bond acceptors (Lipinski definition) is 3. The molecule has 3 rings (SSSR count). The van der Waals surface area contributed by atoms with Crippen molar-refractivity contribution in [2.24, 2.45) is 9.98 Å². The molecule has 0 saturated heterocycles. The Labute approximate surface area is 172 Å². The zero-order valence-corrected chi connectivity index (χ0v) is 16.3. The molecule has 0 bridgehead atoms. The van der Waals surface area contributed by atoms with Gasteiger partial charge in [-0.1, -0.05) is 12.1 Å². The molecule has 0 heterocycles. The number of benzene rings is 3. The van der Waals surface area contributed by atoms with Crippen molar-refractivity contribution in [3.05, 3.63) is 101 Å². The second-order valence-corrected chi connectivity index (χ2v) is 5.26. The molecule has 130 valence electrons. The Morgan fingerprint density at radius 3 is 2.11 bits per heavy atom.